The second-order valence-corrected chi connectivity index (χ2v) is 23.0. The van der Waals surface area contributed by atoms with Crippen molar-refractivity contribution < 1.29 is 26.1 Å². The molecule has 0 radical (unpaired) electrons. The normalized spacial score (nSPS) is 17.4. The zero-order valence-electron chi connectivity index (χ0n) is 38.0. The third kappa shape index (κ3) is 12.1. The molecule has 66 heavy (non-hydrogen) atoms. The van der Waals surface area contributed by atoms with Crippen LogP contribution in [0.4, 0.5) is 11.4 Å². The molecule has 9 rings (SSSR count). The van der Waals surface area contributed by atoms with Crippen LogP contribution in [0.2, 0.25) is 0 Å². The number of aromatic nitrogens is 2. The molecule has 0 amide bonds. The van der Waals surface area contributed by atoms with Gasteiger partial charge in [-0.25, -0.2) is 36.0 Å². The summed E-state index contributed by atoms with van der Waals surface area (Å²) in [6.07, 6.45) is 11.2. The Hall–Kier alpha value is -5.04. The van der Waals surface area contributed by atoms with E-state index in [1.165, 1.54) is 0 Å². The Morgan fingerprint density at radius 1 is 0.636 bits per heavy atom. The molecule has 2 aromatic heterocycles. The van der Waals surface area contributed by atoms with Gasteiger partial charge in [0.1, 0.15) is 0 Å². The molecule has 0 spiro atoms. The number of nitrogens with zero attached hydrogens (tertiary/aromatic N) is 4. The topological polar surface area (TPSA) is 145 Å². The lowest BCUT2D eigenvalue weighted by molar-refractivity contribution is 0.00578. The maximum atomic E-state index is 12.1. The molecule has 2 atom stereocenters. The monoisotopic (exact) mass is 988 g/mol. The van der Waals surface area contributed by atoms with E-state index in [-0.39, 0.29) is 41.9 Å². The van der Waals surface area contributed by atoms with Gasteiger partial charge in [-0.1, -0.05) is 54.6 Å². The van der Waals surface area contributed by atoms with E-state index in [1.807, 2.05) is 72.8 Å². The first-order chi connectivity index (χ1) is 31.3. The number of pyridine rings is 2. The van der Waals surface area contributed by atoms with E-state index >= 15 is 0 Å². The molecular formula is C50H54BBrN6O6S2. The molecule has 1 saturated heterocycles. The van der Waals surface area contributed by atoms with E-state index in [0.29, 0.717) is 23.2 Å². The van der Waals surface area contributed by atoms with Crippen molar-refractivity contribution in [3.63, 3.8) is 0 Å². The smallest absolute Gasteiger partial charge is 0.399 e. The van der Waals surface area contributed by atoms with Crippen LogP contribution < -0.4 is 14.9 Å². The van der Waals surface area contributed by atoms with Crippen LogP contribution in [0.5, 0.6) is 0 Å². The lowest BCUT2D eigenvalue weighted by Crippen LogP contribution is -2.41. The Bertz CT molecular complexity index is 3040. The van der Waals surface area contributed by atoms with Crippen LogP contribution in [-0.4, -0.2) is 56.6 Å². The maximum Gasteiger partial charge on any atom is 0.494 e. The SMILES string of the molecule is CCS(=O)(=O)NC(c1cncc(Br)c1)C1CC1.[C-]#[N+]c1ccc2cc(-c3cncc(C(NS(=O)(=O)CC)C4CC4)c3)ccc2c1.[C-]#[N+]c1ccc2cc(B3OC(C)(C)C(C)(C)O3)ccc2c1. The third-order valence-electron chi connectivity index (χ3n) is 12.6. The fraction of sp³-hybridized carbons (Fsp3) is 0.360. The zero-order chi connectivity index (χ0) is 47.4. The van der Waals surface area contributed by atoms with Gasteiger partial charge in [-0.3, -0.25) is 9.97 Å². The van der Waals surface area contributed by atoms with Crippen molar-refractivity contribution in [2.75, 3.05) is 11.5 Å². The number of halogens is 1. The summed E-state index contributed by atoms with van der Waals surface area (Å²) in [5, 5.41) is 4.23. The number of rotatable bonds is 12. The second-order valence-electron chi connectivity index (χ2n) is 18.0. The number of sulfonamides is 2. The molecule has 2 N–H and O–H groups in total. The van der Waals surface area contributed by atoms with Crippen molar-refractivity contribution in [3.8, 4) is 11.1 Å². The van der Waals surface area contributed by atoms with Crippen LogP contribution >= 0.6 is 15.9 Å². The molecule has 2 unspecified atom stereocenters. The van der Waals surface area contributed by atoms with E-state index in [0.717, 1.165) is 79.4 Å². The molecule has 3 fully saturated rings. The highest BCUT2D eigenvalue weighted by Crippen LogP contribution is 2.43. The highest BCUT2D eigenvalue weighted by molar-refractivity contribution is 9.10. The molecule has 16 heteroatoms. The minimum Gasteiger partial charge on any atom is -0.399 e. The summed E-state index contributed by atoms with van der Waals surface area (Å²) in [7, 11) is -6.81. The summed E-state index contributed by atoms with van der Waals surface area (Å²) in [5.41, 5.74) is 5.43. The number of nitrogens with one attached hydrogen (secondary N) is 2. The summed E-state index contributed by atoms with van der Waals surface area (Å²) < 4.78 is 66.2. The quantitative estimate of drug-likeness (QED) is 0.0911. The predicted octanol–water partition coefficient (Wildman–Crippen LogP) is 10.8. The van der Waals surface area contributed by atoms with E-state index in [2.05, 4.69) is 84.9 Å². The Morgan fingerprint density at radius 2 is 1.09 bits per heavy atom. The van der Waals surface area contributed by atoms with Crippen molar-refractivity contribution in [3.05, 3.63) is 148 Å². The van der Waals surface area contributed by atoms with Gasteiger partial charge in [-0.15, -0.1) is 0 Å². The molecule has 2 saturated carbocycles. The number of hydrogen-bond donors (Lipinski definition) is 2. The fourth-order valence-corrected chi connectivity index (χ4v) is 9.75. The molecule has 12 nitrogen and oxygen atoms in total. The van der Waals surface area contributed by atoms with Crippen LogP contribution in [0, 0.1) is 25.0 Å². The van der Waals surface area contributed by atoms with E-state index in [9.17, 15) is 16.8 Å². The summed E-state index contributed by atoms with van der Waals surface area (Å²) in [5.74, 6) is 0.924. The van der Waals surface area contributed by atoms with Gasteiger partial charge in [0.05, 0.1) is 47.9 Å². The zero-order valence-corrected chi connectivity index (χ0v) is 41.2. The first-order valence-corrected chi connectivity index (χ1v) is 26.2. The number of benzene rings is 4. The first-order valence-electron chi connectivity index (χ1n) is 22.1. The van der Waals surface area contributed by atoms with E-state index in [1.54, 1.807) is 38.6 Å². The first kappa shape index (κ1) is 48.9. The van der Waals surface area contributed by atoms with Crippen molar-refractivity contribution in [1.29, 1.82) is 0 Å². The van der Waals surface area contributed by atoms with Gasteiger partial charge < -0.3 is 9.31 Å². The van der Waals surface area contributed by atoms with Crippen LogP contribution in [0.15, 0.2) is 114 Å². The molecule has 3 heterocycles. The summed E-state index contributed by atoms with van der Waals surface area (Å²) in [6.45, 7) is 25.7. The van der Waals surface area contributed by atoms with E-state index in [4.69, 9.17) is 22.5 Å². The maximum absolute atomic E-state index is 12.1. The van der Waals surface area contributed by atoms with Gasteiger partial charge >= 0.3 is 7.12 Å². The standard InChI is InChI=1S/C22H21N3O2S.C17H18BNO2.C11H15BrN2O2S/c1-3-28(26,27)25-22(15-4-5-15)20-11-19(13-24-14-20)17-6-7-18-12-21(23-2)9-8-16(18)10-17;1-16(2)17(3,4)21-18(20-16)14-8-6-13-11-15(19-5)9-7-12(13)10-14;1-2-17(15,16)14-11(8-3-4-8)9-5-10(12)7-13-6-9/h6-15,22,25H,3-5H2,1H3;6-11H,1-4H3;5-8,11,14H,2-4H2,1H3. The van der Waals surface area contributed by atoms with E-state index < -0.39 is 20.0 Å². The fourth-order valence-electron chi connectivity index (χ4n) is 7.60. The van der Waals surface area contributed by atoms with Gasteiger partial charge in [0.2, 0.25) is 20.0 Å². The van der Waals surface area contributed by atoms with Crippen LogP contribution in [-0.2, 0) is 29.4 Å². The largest absolute Gasteiger partial charge is 0.494 e. The Balaban J connectivity index is 0.000000152. The predicted molar refractivity (Wildman–Crippen MR) is 267 cm³/mol. The van der Waals surface area contributed by atoms with Crippen LogP contribution in [0.25, 0.3) is 42.4 Å². The van der Waals surface area contributed by atoms with Gasteiger partial charge in [0.25, 0.3) is 0 Å². The Morgan fingerprint density at radius 3 is 1.58 bits per heavy atom. The molecule has 6 aromatic rings. The van der Waals surface area contributed by atoms with Crippen molar-refractivity contribution in [2.45, 2.75) is 90.5 Å². The second kappa shape index (κ2) is 20.1. The highest BCUT2D eigenvalue weighted by atomic mass is 79.9. The summed E-state index contributed by atoms with van der Waals surface area (Å²) in [6, 6.07) is 27.1. The molecule has 3 aliphatic rings. The summed E-state index contributed by atoms with van der Waals surface area (Å²) >= 11 is 3.36. The minimum absolute atomic E-state index is 0.0700. The van der Waals surface area contributed by atoms with Gasteiger partial charge in [-0.05, 0) is 169 Å². The van der Waals surface area contributed by atoms with Gasteiger partial charge in [0.15, 0.2) is 11.4 Å². The molecule has 1 aliphatic heterocycles. The number of fused-ring (bicyclic) bond motifs is 2. The van der Waals surface area contributed by atoms with Crippen molar-refractivity contribution in [2.24, 2.45) is 11.8 Å². The molecule has 0 bridgehead atoms. The van der Waals surface area contributed by atoms with Crippen LogP contribution in [0.3, 0.4) is 0 Å². The average Bonchev–Trinajstić information content (AvgIpc) is 4.25. The lowest BCUT2D eigenvalue weighted by Gasteiger charge is -2.32. The molecule has 2 aliphatic carbocycles. The lowest BCUT2D eigenvalue weighted by atomic mass is 9.78. The molecule has 342 valence electrons. The van der Waals surface area contributed by atoms with Crippen molar-refractivity contribution in [1.82, 2.24) is 19.4 Å². The van der Waals surface area contributed by atoms with Gasteiger partial charge in [-0.2, -0.15) is 0 Å². The Kier molecular flexibility index (Phi) is 14.9. The van der Waals surface area contributed by atoms with Crippen molar-refractivity contribution >= 4 is 81.5 Å². The molecule has 4 aromatic carbocycles. The average molecular weight is 990 g/mol. The summed E-state index contributed by atoms with van der Waals surface area (Å²) in [4.78, 5) is 15.4. The van der Waals surface area contributed by atoms with Gasteiger partial charge in [0, 0.05) is 34.8 Å². The minimum atomic E-state index is -3.29. The molecular weight excluding hydrogens is 935 g/mol. The highest BCUT2D eigenvalue weighted by Gasteiger charge is 2.51. The number of hydrogen-bond acceptors (Lipinski definition) is 8. The van der Waals surface area contributed by atoms with Crippen LogP contribution in [0.1, 0.15) is 90.4 Å². The Labute approximate surface area is 398 Å². The third-order valence-corrected chi connectivity index (χ3v) is 15.7.